The number of likely N-dealkylation sites (N-methyl/N-ethyl adjacent to an activating group) is 1. The van der Waals surface area contributed by atoms with Crippen LogP contribution in [0.3, 0.4) is 0 Å². The van der Waals surface area contributed by atoms with Crippen molar-refractivity contribution in [2.75, 3.05) is 13.7 Å². The molecule has 0 aliphatic heterocycles. The van der Waals surface area contributed by atoms with Gasteiger partial charge in [-0.3, -0.25) is 15.4 Å². The van der Waals surface area contributed by atoms with Gasteiger partial charge < -0.3 is 4.74 Å². The van der Waals surface area contributed by atoms with Gasteiger partial charge in [-0.2, -0.15) is 0 Å². The maximum atomic E-state index is 11.3. The molecule has 0 fully saturated rings. The topological polar surface area (TPSA) is 70.4 Å². The number of amides is 2. The number of ether oxygens (including phenoxy) is 1. The van der Waals surface area contributed by atoms with Crippen LogP contribution >= 0.6 is 0 Å². The fourth-order valence-electron chi connectivity index (χ4n) is 1.26. The van der Waals surface area contributed by atoms with Crippen LogP contribution in [0.4, 0.5) is 4.79 Å². The van der Waals surface area contributed by atoms with Crippen molar-refractivity contribution in [2.24, 2.45) is 5.92 Å². The molecule has 1 N–H and O–H groups in total. The fourth-order valence-corrected chi connectivity index (χ4v) is 1.26. The summed E-state index contributed by atoms with van der Waals surface area (Å²) in [5, 5.41) is 0. The zero-order valence-electron chi connectivity index (χ0n) is 9.03. The van der Waals surface area contributed by atoms with Crippen LogP contribution in [0.1, 0.15) is 20.8 Å². The van der Waals surface area contributed by atoms with Crippen molar-refractivity contribution in [1.29, 1.82) is 0 Å². The van der Waals surface area contributed by atoms with Crippen molar-refractivity contribution >= 4 is 12.0 Å². The number of carbonyl (C=O) groups excluding carboxylic acids is 2. The lowest BCUT2D eigenvalue weighted by Crippen LogP contribution is -2.46. The summed E-state index contributed by atoms with van der Waals surface area (Å²) < 4.78 is 4.74. The summed E-state index contributed by atoms with van der Waals surface area (Å²) in [7, 11) is 1.47. The first kappa shape index (κ1) is 12.7. The molecule has 2 amide bonds. The first-order valence-electron chi connectivity index (χ1n) is 4.56. The molecule has 0 saturated carbocycles. The molecule has 0 aliphatic carbocycles. The Kier molecular flexibility index (Phi) is 4.97. The van der Waals surface area contributed by atoms with Crippen molar-refractivity contribution in [3.8, 4) is 0 Å². The Hall–Kier alpha value is -1.26. The Morgan fingerprint density at radius 2 is 1.93 bits per heavy atom. The minimum absolute atomic E-state index is 0.0885. The molecular weight excluding hydrogens is 184 g/mol. The molecule has 0 spiro atoms. The minimum atomic E-state index is -0.768. The van der Waals surface area contributed by atoms with E-state index in [9.17, 15) is 9.59 Å². The summed E-state index contributed by atoms with van der Waals surface area (Å²) in [6, 6.07) is -0.728. The van der Waals surface area contributed by atoms with Crippen molar-refractivity contribution in [1.82, 2.24) is 10.6 Å². The normalized spacial score (nSPS) is 12.4. The number of nitrogens with zero attached hydrogens (tertiary/aromatic N) is 1. The second-order valence-corrected chi connectivity index (χ2v) is 3.36. The van der Waals surface area contributed by atoms with E-state index < -0.39 is 18.0 Å². The van der Waals surface area contributed by atoms with E-state index in [1.165, 1.54) is 11.9 Å². The Labute approximate surface area is 84.2 Å². The predicted octanol–water partition coefficient (Wildman–Crippen LogP) is 0.909. The number of nitrogens with one attached hydrogen (secondary N) is 1. The summed E-state index contributed by atoms with van der Waals surface area (Å²) in [6.45, 7) is 5.53. The first-order valence-corrected chi connectivity index (χ1v) is 4.56. The third-order valence-electron chi connectivity index (χ3n) is 1.87. The molecule has 1 radical (unpaired) electrons. The Morgan fingerprint density at radius 1 is 1.43 bits per heavy atom. The monoisotopic (exact) mass is 201 g/mol. The highest BCUT2D eigenvalue weighted by Gasteiger charge is 2.28. The molecule has 0 heterocycles. The van der Waals surface area contributed by atoms with Gasteiger partial charge in [0.25, 0.3) is 5.91 Å². The Bertz CT molecular complexity index is 216. The van der Waals surface area contributed by atoms with Crippen LogP contribution in [0.15, 0.2) is 0 Å². The van der Waals surface area contributed by atoms with Gasteiger partial charge in [0.05, 0.1) is 6.61 Å². The number of rotatable bonds is 4. The van der Waals surface area contributed by atoms with Gasteiger partial charge in [-0.25, -0.2) is 4.79 Å². The zero-order valence-corrected chi connectivity index (χ0v) is 9.03. The molecule has 0 aromatic heterocycles. The molecule has 5 nitrogen and oxygen atoms in total. The van der Waals surface area contributed by atoms with E-state index in [4.69, 9.17) is 10.5 Å². The molecule has 0 aliphatic rings. The van der Waals surface area contributed by atoms with Crippen LogP contribution in [-0.4, -0.2) is 36.6 Å². The maximum Gasteiger partial charge on any atom is 0.410 e. The highest BCUT2D eigenvalue weighted by atomic mass is 16.6. The Morgan fingerprint density at radius 3 is 2.21 bits per heavy atom. The molecule has 81 valence electrons. The standard InChI is InChI=1S/C9H17N2O3/c1-5-14-9(13)11(4)7(6(2)3)8(10)12/h6-7,10H,5H2,1-4H3. The van der Waals surface area contributed by atoms with Crippen LogP contribution in [-0.2, 0) is 9.53 Å². The van der Waals surface area contributed by atoms with E-state index in [1.54, 1.807) is 20.8 Å². The molecular formula is C9H17N2O3. The number of hydrogen-bond acceptors (Lipinski definition) is 3. The average molecular weight is 201 g/mol. The molecule has 0 bridgehead atoms. The smallest absolute Gasteiger partial charge is 0.410 e. The van der Waals surface area contributed by atoms with E-state index >= 15 is 0 Å². The summed E-state index contributed by atoms with van der Waals surface area (Å²) in [5.74, 6) is -0.857. The summed E-state index contributed by atoms with van der Waals surface area (Å²) in [6.07, 6.45) is -0.563. The van der Waals surface area contributed by atoms with Gasteiger partial charge in [0.1, 0.15) is 6.04 Å². The van der Waals surface area contributed by atoms with Gasteiger partial charge in [-0.1, -0.05) is 13.8 Å². The SMILES string of the molecule is CCOC(=O)N(C)C(C([NH])=O)C(C)C. The minimum Gasteiger partial charge on any atom is -0.450 e. The molecule has 5 heteroatoms. The summed E-state index contributed by atoms with van der Waals surface area (Å²) in [5.41, 5.74) is 7.03. The third kappa shape index (κ3) is 3.24. The fraction of sp³-hybridized carbons (Fsp3) is 0.778. The van der Waals surface area contributed by atoms with Crippen LogP contribution in [0, 0.1) is 5.92 Å². The van der Waals surface area contributed by atoms with Gasteiger partial charge in [0.15, 0.2) is 0 Å². The molecule has 0 rings (SSSR count). The molecule has 1 unspecified atom stereocenters. The summed E-state index contributed by atoms with van der Waals surface area (Å²) in [4.78, 5) is 23.4. The van der Waals surface area contributed by atoms with Crippen molar-refractivity contribution in [3.05, 3.63) is 0 Å². The zero-order chi connectivity index (χ0) is 11.3. The van der Waals surface area contributed by atoms with E-state index in [2.05, 4.69) is 0 Å². The Balaban J connectivity index is 4.51. The molecule has 14 heavy (non-hydrogen) atoms. The van der Waals surface area contributed by atoms with Crippen LogP contribution in [0.25, 0.3) is 0 Å². The highest BCUT2D eigenvalue weighted by Crippen LogP contribution is 2.10. The van der Waals surface area contributed by atoms with Gasteiger partial charge in [0, 0.05) is 7.05 Å². The maximum absolute atomic E-state index is 11.3. The van der Waals surface area contributed by atoms with E-state index in [-0.39, 0.29) is 12.5 Å². The number of hydrogen-bond donors (Lipinski definition) is 0. The van der Waals surface area contributed by atoms with E-state index in [1.807, 2.05) is 0 Å². The van der Waals surface area contributed by atoms with Crippen LogP contribution in [0.2, 0.25) is 0 Å². The predicted molar refractivity (Wildman–Crippen MR) is 51.5 cm³/mol. The van der Waals surface area contributed by atoms with Gasteiger partial charge >= 0.3 is 6.09 Å². The lowest BCUT2D eigenvalue weighted by Gasteiger charge is -2.27. The van der Waals surface area contributed by atoms with Gasteiger partial charge in [0.2, 0.25) is 0 Å². The third-order valence-corrected chi connectivity index (χ3v) is 1.87. The van der Waals surface area contributed by atoms with E-state index in [0.29, 0.717) is 0 Å². The lowest BCUT2D eigenvalue weighted by molar-refractivity contribution is -0.124. The highest BCUT2D eigenvalue weighted by molar-refractivity contribution is 5.83. The van der Waals surface area contributed by atoms with Crippen molar-refractivity contribution < 1.29 is 14.3 Å². The molecule has 0 aromatic rings. The first-order chi connectivity index (χ1) is 6.41. The second-order valence-electron chi connectivity index (χ2n) is 3.36. The van der Waals surface area contributed by atoms with Crippen LogP contribution < -0.4 is 5.73 Å². The lowest BCUT2D eigenvalue weighted by atomic mass is 10.0. The largest absolute Gasteiger partial charge is 0.450 e. The van der Waals surface area contributed by atoms with E-state index in [0.717, 1.165) is 0 Å². The van der Waals surface area contributed by atoms with Crippen molar-refractivity contribution in [2.45, 2.75) is 26.8 Å². The number of carbonyl (C=O) groups is 2. The second kappa shape index (κ2) is 5.47. The summed E-state index contributed by atoms with van der Waals surface area (Å²) >= 11 is 0. The average Bonchev–Trinajstić information content (AvgIpc) is 2.03. The van der Waals surface area contributed by atoms with Crippen molar-refractivity contribution in [3.63, 3.8) is 0 Å². The molecule has 0 aromatic carbocycles. The molecule has 0 saturated heterocycles. The van der Waals surface area contributed by atoms with Gasteiger partial charge in [-0.15, -0.1) is 0 Å². The molecule has 1 atom stereocenters. The van der Waals surface area contributed by atoms with Gasteiger partial charge in [-0.05, 0) is 12.8 Å². The quantitative estimate of drug-likeness (QED) is 0.678. The van der Waals surface area contributed by atoms with Crippen LogP contribution in [0.5, 0.6) is 0 Å².